The van der Waals surface area contributed by atoms with Gasteiger partial charge < -0.3 is 9.66 Å². The summed E-state index contributed by atoms with van der Waals surface area (Å²) in [5.41, 5.74) is 0. The third kappa shape index (κ3) is 18.3. The Morgan fingerprint density at radius 3 is 1.58 bits per heavy atom. The van der Waals surface area contributed by atoms with Crippen molar-refractivity contribution in [1.82, 2.24) is 0 Å². The molecule has 0 aliphatic rings. The number of unbranched alkanes of at least 4 members (excludes halogenated alkanes) is 9. The van der Waals surface area contributed by atoms with E-state index in [-0.39, 0.29) is 57.5 Å². The average molecular weight is 389 g/mol. The molecule has 0 aliphatic heterocycles. The Hall–Kier alpha value is 1.51. The first-order chi connectivity index (χ1) is 10.9. The fraction of sp³-hybridized carbons (Fsp3) is 1.00. The summed E-state index contributed by atoms with van der Waals surface area (Å²) in [4.78, 5) is 0. The van der Waals surface area contributed by atoms with Crippen molar-refractivity contribution in [3.63, 3.8) is 0 Å². The second-order valence-corrected chi connectivity index (χ2v) is 8.65. The molecule has 0 saturated heterocycles. The molecule has 2 atom stereocenters. The summed E-state index contributed by atoms with van der Waals surface area (Å²) in [5.74, 6) is 0. The molecule has 1 N–H and O–H groups in total. The first kappa shape index (κ1) is 27.7. The first-order valence-electron chi connectivity index (χ1n) is 9.50. The summed E-state index contributed by atoms with van der Waals surface area (Å²) in [6, 6.07) is 0. The summed E-state index contributed by atoms with van der Waals surface area (Å²) < 4.78 is 32.2. The van der Waals surface area contributed by atoms with Crippen LogP contribution in [0.15, 0.2) is 0 Å². The number of hydrogen-bond acceptors (Lipinski definition) is 4. The summed E-state index contributed by atoms with van der Waals surface area (Å²) in [5, 5.41) is 9.07. The van der Waals surface area contributed by atoms with Crippen LogP contribution in [-0.2, 0) is 10.1 Å². The topological polar surface area (TPSA) is 77.4 Å². The maximum Gasteiger partial charge on any atom is 1.00 e. The van der Waals surface area contributed by atoms with Crippen molar-refractivity contribution in [2.24, 2.45) is 0 Å². The zero-order valence-corrected chi connectivity index (χ0v) is 20.1. The van der Waals surface area contributed by atoms with Gasteiger partial charge in [-0.25, -0.2) is 8.42 Å². The number of aliphatic hydroxyl groups excluding tert-OH is 1. The van der Waals surface area contributed by atoms with Gasteiger partial charge in [-0.3, -0.25) is 0 Å². The Kier molecular flexibility index (Phi) is 20.7. The summed E-state index contributed by atoms with van der Waals surface area (Å²) in [7, 11) is -4.10. The average Bonchev–Trinajstić information content (AvgIpc) is 2.48. The van der Waals surface area contributed by atoms with Gasteiger partial charge >= 0.3 is 51.4 Å². The summed E-state index contributed by atoms with van der Waals surface area (Å²) in [6.07, 6.45) is 14.7. The van der Waals surface area contributed by atoms with Gasteiger partial charge in [-0.15, -0.1) is 0 Å². The molecule has 0 aromatic carbocycles. The fourth-order valence-electron chi connectivity index (χ4n) is 2.79. The standard InChI is InChI=1S/C18H38O4S.K/c1-3-4-11-15-18(19)16-13-10-8-6-5-7-9-12-14-17(2)23(20,21)22;/h17-19H,3-16H2,1-2H3,(H,20,21,22);/q;+1/p-1. The molecule has 0 heterocycles. The number of hydrogen-bond donors (Lipinski definition) is 1. The molecule has 6 heteroatoms. The zero-order valence-electron chi connectivity index (χ0n) is 16.1. The molecule has 24 heavy (non-hydrogen) atoms. The zero-order chi connectivity index (χ0) is 17.6. The fourth-order valence-corrected chi connectivity index (χ4v) is 3.25. The predicted octanol–water partition coefficient (Wildman–Crippen LogP) is 1.77. The maximum absolute atomic E-state index is 10.7. The van der Waals surface area contributed by atoms with Gasteiger partial charge in [-0.1, -0.05) is 77.6 Å². The van der Waals surface area contributed by atoms with Gasteiger partial charge in [-0.2, -0.15) is 0 Å². The molecular formula is C18H37KO4S. The maximum atomic E-state index is 10.7. The van der Waals surface area contributed by atoms with Crippen LogP contribution < -0.4 is 51.4 Å². The SMILES string of the molecule is CCCCCC(O)CCCCCCCCCCC(C)S(=O)(=O)[O-].[K+]. The van der Waals surface area contributed by atoms with E-state index >= 15 is 0 Å². The molecule has 0 saturated carbocycles. The van der Waals surface area contributed by atoms with Crippen LogP contribution in [0.3, 0.4) is 0 Å². The molecule has 0 fully saturated rings. The van der Waals surface area contributed by atoms with Crippen LogP contribution in [0.1, 0.15) is 104 Å². The molecule has 0 bridgehead atoms. The Labute approximate surface area is 192 Å². The molecule has 140 valence electrons. The molecular weight excluding hydrogens is 351 g/mol. The quantitative estimate of drug-likeness (QED) is 0.248. The van der Waals surface area contributed by atoms with Crippen molar-refractivity contribution in [2.75, 3.05) is 0 Å². The van der Waals surface area contributed by atoms with Crippen LogP contribution >= 0.6 is 0 Å². The second-order valence-electron chi connectivity index (χ2n) is 6.86. The van der Waals surface area contributed by atoms with Gasteiger partial charge in [0.2, 0.25) is 0 Å². The van der Waals surface area contributed by atoms with Crippen LogP contribution in [-0.4, -0.2) is 29.4 Å². The largest absolute Gasteiger partial charge is 1.00 e. The van der Waals surface area contributed by atoms with Gasteiger partial charge in [0.15, 0.2) is 0 Å². The monoisotopic (exact) mass is 388 g/mol. The molecule has 0 aliphatic carbocycles. The summed E-state index contributed by atoms with van der Waals surface area (Å²) >= 11 is 0. The van der Waals surface area contributed by atoms with Crippen molar-refractivity contribution < 1.29 is 69.5 Å². The molecule has 0 radical (unpaired) electrons. The summed E-state index contributed by atoms with van der Waals surface area (Å²) in [6.45, 7) is 3.68. The minimum Gasteiger partial charge on any atom is -0.748 e. The Morgan fingerprint density at radius 1 is 0.792 bits per heavy atom. The smallest absolute Gasteiger partial charge is 0.748 e. The molecule has 0 aromatic heterocycles. The van der Waals surface area contributed by atoms with Gasteiger partial charge in [-0.05, 0) is 26.2 Å². The van der Waals surface area contributed by atoms with E-state index in [1.54, 1.807) is 0 Å². The van der Waals surface area contributed by atoms with E-state index in [1.807, 2.05) is 0 Å². The third-order valence-electron chi connectivity index (χ3n) is 4.53. The van der Waals surface area contributed by atoms with Crippen LogP contribution in [0.4, 0.5) is 0 Å². The van der Waals surface area contributed by atoms with Crippen LogP contribution in [0.5, 0.6) is 0 Å². The first-order valence-corrected chi connectivity index (χ1v) is 11.0. The van der Waals surface area contributed by atoms with E-state index in [2.05, 4.69) is 6.92 Å². The van der Waals surface area contributed by atoms with Crippen molar-refractivity contribution in [1.29, 1.82) is 0 Å². The van der Waals surface area contributed by atoms with E-state index in [0.717, 1.165) is 44.9 Å². The van der Waals surface area contributed by atoms with Gasteiger partial charge in [0.1, 0.15) is 0 Å². The van der Waals surface area contributed by atoms with Crippen molar-refractivity contribution in [3.05, 3.63) is 0 Å². The van der Waals surface area contributed by atoms with Gasteiger partial charge in [0.05, 0.1) is 16.2 Å². The van der Waals surface area contributed by atoms with Gasteiger partial charge in [0.25, 0.3) is 0 Å². The molecule has 4 nitrogen and oxygen atoms in total. The van der Waals surface area contributed by atoms with Crippen molar-refractivity contribution in [3.8, 4) is 0 Å². The Morgan fingerprint density at radius 2 is 1.17 bits per heavy atom. The normalized spacial score (nSPS) is 14.2. The van der Waals surface area contributed by atoms with Gasteiger partial charge in [0, 0.05) is 5.25 Å². The van der Waals surface area contributed by atoms with E-state index in [1.165, 1.54) is 45.4 Å². The van der Waals surface area contributed by atoms with Crippen LogP contribution in [0.2, 0.25) is 0 Å². The van der Waals surface area contributed by atoms with Crippen LogP contribution in [0, 0.1) is 0 Å². The van der Waals surface area contributed by atoms with Crippen molar-refractivity contribution >= 4 is 10.1 Å². The number of rotatable bonds is 16. The van der Waals surface area contributed by atoms with E-state index in [0.29, 0.717) is 6.42 Å². The molecule has 0 amide bonds. The molecule has 0 aromatic rings. The number of aliphatic hydroxyl groups is 1. The van der Waals surface area contributed by atoms with E-state index < -0.39 is 15.4 Å². The minimum atomic E-state index is -4.10. The predicted molar refractivity (Wildman–Crippen MR) is 95.5 cm³/mol. The molecule has 0 spiro atoms. The van der Waals surface area contributed by atoms with Crippen molar-refractivity contribution in [2.45, 2.75) is 115 Å². The van der Waals surface area contributed by atoms with E-state index in [4.69, 9.17) is 0 Å². The second kappa shape index (κ2) is 17.9. The third-order valence-corrected chi connectivity index (χ3v) is 5.75. The Balaban J connectivity index is 0. The van der Waals surface area contributed by atoms with Crippen LogP contribution in [0.25, 0.3) is 0 Å². The Bertz CT molecular complexity index is 360. The molecule has 2 unspecified atom stereocenters. The molecule has 0 rings (SSSR count). The minimum absolute atomic E-state index is 0. The van der Waals surface area contributed by atoms with E-state index in [9.17, 15) is 18.1 Å².